The lowest BCUT2D eigenvalue weighted by Gasteiger charge is -2.28. The predicted octanol–water partition coefficient (Wildman–Crippen LogP) is 6.03. The molecule has 0 aliphatic carbocycles. The highest BCUT2D eigenvalue weighted by atomic mass is 16.5. The topological polar surface area (TPSA) is 9.23 Å². The van der Waals surface area contributed by atoms with E-state index in [1.54, 1.807) is 0 Å². The molecule has 114 valence electrons. The molecule has 0 N–H and O–H groups in total. The van der Waals surface area contributed by atoms with Gasteiger partial charge in [-0.15, -0.1) is 0 Å². The summed E-state index contributed by atoms with van der Waals surface area (Å²) in [6.45, 7) is 12.2. The number of unbranched alkanes of at least 4 members (excludes halogenated alkanes) is 3. The average Bonchev–Trinajstić information content (AvgIpc) is 2.47. The quantitative estimate of drug-likeness (QED) is 0.500. The zero-order valence-corrected chi connectivity index (χ0v) is 14.1. The molecule has 1 nitrogen and oxygen atoms in total. The van der Waals surface area contributed by atoms with Gasteiger partial charge in [0.15, 0.2) is 0 Å². The van der Waals surface area contributed by atoms with Crippen molar-refractivity contribution in [3.63, 3.8) is 0 Å². The Bertz CT molecular complexity index is 391. The summed E-state index contributed by atoms with van der Waals surface area (Å²) < 4.78 is 5.92. The molecule has 0 atom stereocenters. The van der Waals surface area contributed by atoms with Crippen LogP contribution in [-0.4, -0.2) is 6.61 Å². The van der Waals surface area contributed by atoms with Crippen molar-refractivity contribution in [1.82, 2.24) is 0 Å². The summed E-state index contributed by atoms with van der Waals surface area (Å²) in [5, 5.41) is 0. The van der Waals surface area contributed by atoms with E-state index < -0.39 is 0 Å². The van der Waals surface area contributed by atoms with Gasteiger partial charge in [0.05, 0.1) is 6.61 Å². The van der Waals surface area contributed by atoms with E-state index >= 15 is 0 Å². The van der Waals surface area contributed by atoms with E-state index in [1.165, 1.54) is 43.2 Å². The zero-order chi connectivity index (χ0) is 15.0. The predicted molar refractivity (Wildman–Crippen MR) is 88.8 cm³/mol. The van der Waals surface area contributed by atoms with Gasteiger partial charge >= 0.3 is 0 Å². The molecular weight excluding hydrogens is 244 g/mol. The second-order valence-electron chi connectivity index (χ2n) is 6.16. The molecule has 1 heteroatoms. The largest absolute Gasteiger partial charge is 0.493 e. The molecule has 1 aromatic carbocycles. The van der Waals surface area contributed by atoms with Gasteiger partial charge in [-0.1, -0.05) is 59.1 Å². The third kappa shape index (κ3) is 4.54. The van der Waals surface area contributed by atoms with Crippen LogP contribution in [0.15, 0.2) is 18.2 Å². The summed E-state index contributed by atoms with van der Waals surface area (Å²) >= 11 is 0. The van der Waals surface area contributed by atoms with Crippen molar-refractivity contribution in [3.05, 3.63) is 29.3 Å². The summed E-state index contributed by atoms with van der Waals surface area (Å²) in [5.41, 5.74) is 3.01. The van der Waals surface area contributed by atoms with Crippen molar-refractivity contribution in [2.75, 3.05) is 6.61 Å². The second-order valence-corrected chi connectivity index (χ2v) is 6.16. The maximum Gasteiger partial charge on any atom is 0.122 e. The Morgan fingerprint density at radius 3 is 2.25 bits per heavy atom. The molecule has 0 amide bonds. The minimum absolute atomic E-state index is 0.296. The first kappa shape index (κ1) is 17.1. The molecule has 0 unspecified atom stereocenters. The molecule has 1 rings (SSSR count). The van der Waals surface area contributed by atoms with Gasteiger partial charge in [-0.25, -0.2) is 0 Å². The second kappa shape index (κ2) is 8.34. The Hall–Kier alpha value is -0.980. The minimum atomic E-state index is 0.296. The number of aryl methyl sites for hydroxylation is 1. The lowest BCUT2D eigenvalue weighted by atomic mass is 9.77. The third-order valence-corrected chi connectivity index (χ3v) is 4.69. The average molecular weight is 276 g/mol. The number of ether oxygens (including phenoxy) is 1. The molecule has 0 radical (unpaired) electrons. The van der Waals surface area contributed by atoms with Crippen LogP contribution in [0.25, 0.3) is 0 Å². The van der Waals surface area contributed by atoms with Crippen LogP contribution in [0.3, 0.4) is 0 Å². The number of hydrogen-bond acceptors (Lipinski definition) is 1. The molecular formula is C19H32O. The first-order chi connectivity index (χ1) is 9.57. The van der Waals surface area contributed by atoms with Crippen molar-refractivity contribution < 1.29 is 4.74 Å². The Morgan fingerprint density at radius 1 is 1.00 bits per heavy atom. The normalized spacial score (nSPS) is 11.7. The van der Waals surface area contributed by atoms with E-state index in [1.807, 2.05) is 0 Å². The highest BCUT2D eigenvalue weighted by molar-refractivity contribution is 5.39. The van der Waals surface area contributed by atoms with Gasteiger partial charge in [0, 0.05) is 0 Å². The van der Waals surface area contributed by atoms with Gasteiger partial charge in [-0.05, 0) is 48.8 Å². The fourth-order valence-electron chi connectivity index (χ4n) is 2.56. The molecule has 20 heavy (non-hydrogen) atoms. The van der Waals surface area contributed by atoms with Gasteiger partial charge in [0.25, 0.3) is 0 Å². The van der Waals surface area contributed by atoms with Gasteiger partial charge < -0.3 is 4.74 Å². The Labute approximate surface area is 125 Å². The fraction of sp³-hybridized carbons (Fsp3) is 0.684. The van der Waals surface area contributed by atoms with Crippen LogP contribution >= 0.6 is 0 Å². The first-order valence-corrected chi connectivity index (χ1v) is 8.31. The third-order valence-electron chi connectivity index (χ3n) is 4.69. The molecule has 0 saturated heterocycles. The van der Waals surface area contributed by atoms with Gasteiger partial charge in [0.2, 0.25) is 0 Å². The molecule has 0 spiro atoms. The molecule has 0 fully saturated rings. The van der Waals surface area contributed by atoms with E-state index in [-0.39, 0.29) is 0 Å². The van der Waals surface area contributed by atoms with Gasteiger partial charge in [-0.3, -0.25) is 0 Å². The van der Waals surface area contributed by atoms with Crippen LogP contribution in [0.4, 0.5) is 0 Å². The number of hydrogen-bond donors (Lipinski definition) is 0. The van der Waals surface area contributed by atoms with E-state index in [9.17, 15) is 0 Å². The smallest absolute Gasteiger partial charge is 0.122 e. The molecule has 0 aliphatic heterocycles. The first-order valence-electron chi connectivity index (χ1n) is 8.31. The van der Waals surface area contributed by atoms with E-state index in [0.717, 1.165) is 18.8 Å². The molecule has 0 aliphatic rings. The van der Waals surface area contributed by atoms with Crippen LogP contribution in [0, 0.1) is 6.92 Å². The van der Waals surface area contributed by atoms with E-state index in [0.29, 0.717) is 5.41 Å². The summed E-state index contributed by atoms with van der Waals surface area (Å²) in [4.78, 5) is 0. The van der Waals surface area contributed by atoms with Crippen molar-refractivity contribution in [3.8, 4) is 5.75 Å². The number of rotatable bonds is 9. The van der Waals surface area contributed by atoms with E-state index in [4.69, 9.17) is 4.74 Å². The molecule has 0 bridgehead atoms. The highest BCUT2D eigenvalue weighted by Gasteiger charge is 2.22. The minimum Gasteiger partial charge on any atom is -0.493 e. The van der Waals surface area contributed by atoms with Crippen molar-refractivity contribution in [2.24, 2.45) is 0 Å². The van der Waals surface area contributed by atoms with Crippen molar-refractivity contribution in [2.45, 2.75) is 78.6 Å². The summed E-state index contributed by atoms with van der Waals surface area (Å²) in [7, 11) is 0. The van der Waals surface area contributed by atoms with Crippen molar-refractivity contribution >= 4 is 0 Å². The summed E-state index contributed by atoms with van der Waals surface area (Å²) in [6.07, 6.45) is 7.39. The van der Waals surface area contributed by atoms with Crippen LogP contribution < -0.4 is 4.74 Å². The lowest BCUT2D eigenvalue weighted by Crippen LogP contribution is -2.19. The van der Waals surface area contributed by atoms with Crippen LogP contribution in [0.5, 0.6) is 5.75 Å². The SMILES string of the molecule is CCCCCCOc1ccc(C(C)(CC)CC)cc1C. The maximum absolute atomic E-state index is 5.92. The van der Waals surface area contributed by atoms with Gasteiger partial charge in [0.1, 0.15) is 5.75 Å². The Balaban J connectivity index is 2.64. The van der Waals surface area contributed by atoms with Crippen LogP contribution in [-0.2, 0) is 5.41 Å². The Kier molecular flexibility index (Phi) is 7.12. The molecule has 0 aromatic heterocycles. The standard InChI is InChI=1S/C19H32O/c1-6-9-10-11-14-20-18-13-12-17(15-16(18)4)19(5,7-2)8-3/h12-13,15H,6-11,14H2,1-5H3. The highest BCUT2D eigenvalue weighted by Crippen LogP contribution is 2.33. The van der Waals surface area contributed by atoms with Gasteiger partial charge in [-0.2, -0.15) is 0 Å². The van der Waals surface area contributed by atoms with E-state index in [2.05, 4.69) is 52.8 Å². The summed E-state index contributed by atoms with van der Waals surface area (Å²) in [6, 6.07) is 6.73. The molecule has 0 heterocycles. The lowest BCUT2D eigenvalue weighted by molar-refractivity contribution is 0.302. The monoisotopic (exact) mass is 276 g/mol. The summed E-state index contributed by atoms with van der Waals surface area (Å²) in [5.74, 6) is 1.06. The fourth-order valence-corrected chi connectivity index (χ4v) is 2.56. The van der Waals surface area contributed by atoms with Crippen molar-refractivity contribution in [1.29, 1.82) is 0 Å². The molecule has 1 aromatic rings. The molecule has 0 saturated carbocycles. The van der Waals surface area contributed by atoms with Crippen LogP contribution in [0.1, 0.15) is 77.3 Å². The maximum atomic E-state index is 5.92. The number of benzene rings is 1. The Morgan fingerprint density at radius 2 is 1.70 bits per heavy atom. The van der Waals surface area contributed by atoms with Crippen LogP contribution in [0.2, 0.25) is 0 Å². The zero-order valence-electron chi connectivity index (χ0n) is 14.1.